The molecule has 0 aliphatic heterocycles. The lowest BCUT2D eigenvalue weighted by Gasteiger charge is -2.19. The Morgan fingerprint density at radius 2 is 1.08 bits per heavy atom. The molecule has 0 spiro atoms. The molecule has 0 fully saturated rings. The monoisotopic (exact) mass is 737 g/mol. The van der Waals surface area contributed by atoms with E-state index in [-0.39, 0.29) is 32.6 Å². The normalized spacial score (nSPS) is 14.0. The van der Waals surface area contributed by atoms with Crippen molar-refractivity contribution in [3.8, 4) is 0 Å². The summed E-state index contributed by atoms with van der Waals surface area (Å²) < 4.78 is 32.7. The molecule has 2 atom stereocenters. The Kier molecular flexibility index (Phi) is 35.8. The lowest BCUT2D eigenvalue weighted by molar-refractivity contribution is -0.161. The van der Waals surface area contributed by atoms with Gasteiger partial charge >= 0.3 is 19.8 Å². The fraction of sp³-hybridized carbons (Fsp3) is 0.707. The molecule has 0 aromatic rings. The Bertz CT molecular complexity index is 1020. The van der Waals surface area contributed by atoms with Gasteiger partial charge in [0.25, 0.3) is 0 Å². The first-order valence-electron chi connectivity index (χ1n) is 19.8. The zero-order valence-corrected chi connectivity index (χ0v) is 33.0. The first-order chi connectivity index (χ1) is 24.8. The molecular weight excluding hydrogens is 665 g/mol. The van der Waals surface area contributed by atoms with Gasteiger partial charge in [-0.2, -0.15) is 0 Å². The lowest BCUT2D eigenvalue weighted by Crippen LogP contribution is -2.29. The molecule has 0 amide bonds. The van der Waals surface area contributed by atoms with E-state index in [0.717, 1.165) is 89.9 Å². The van der Waals surface area contributed by atoms with E-state index >= 15 is 0 Å². The summed E-state index contributed by atoms with van der Waals surface area (Å²) in [6, 6.07) is 0. The minimum atomic E-state index is -4.38. The highest BCUT2D eigenvalue weighted by molar-refractivity contribution is 7.47. The van der Waals surface area contributed by atoms with E-state index in [0.29, 0.717) is 12.8 Å². The number of unbranched alkanes of at least 4 members (excludes halogenated alkanes) is 13. The molecule has 1 unspecified atom stereocenters. The summed E-state index contributed by atoms with van der Waals surface area (Å²) in [4.78, 5) is 34.8. The molecule has 0 radical (unpaired) electrons. The van der Waals surface area contributed by atoms with Gasteiger partial charge in [0.2, 0.25) is 0 Å². The van der Waals surface area contributed by atoms with Crippen LogP contribution in [0.25, 0.3) is 0 Å². The molecule has 0 aromatic heterocycles. The Morgan fingerprint density at radius 1 is 0.608 bits per heavy atom. The maximum absolute atomic E-state index is 12.5. The molecule has 0 aromatic carbocycles. The quantitative estimate of drug-likeness (QED) is 0.0279. The Hall–Kier alpha value is -2.29. The zero-order chi connectivity index (χ0) is 37.5. The molecule has 3 N–H and O–H groups in total. The number of phosphoric acid groups is 1. The van der Waals surface area contributed by atoms with Crippen molar-refractivity contribution in [3.63, 3.8) is 0 Å². The van der Waals surface area contributed by atoms with E-state index in [1.807, 2.05) is 0 Å². The largest absolute Gasteiger partial charge is 0.472 e. The van der Waals surface area contributed by atoms with Crippen LogP contribution in [0.5, 0.6) is 0 Å². The summed E-state index contributed by atoms with van der Waals surface area (Å²) >= 11 is 0. The molecule has 0 bridgehead atoms. The van der Waals surface area contributed by atoms with Crippen LogP contribution in [0.15, 0.2) is 60.8 Å². The molecule has 0 heterocycles. The van der Waals surface area contributed by atoms with Crippen molar-refractivity contribution in [1.82, 2.24) is 0 Å². The second kappa shape index (κ2) is 37.5. The maximum Gasteiger partial charge on any atom is 0.472 e. The summed E-state index contributed by atoms with van der Waals surface area (Å²) in [5, 5.41) is 0. The SMILES string of the molecule is CCC=CCC=CCC=CCCCCCCCC(=O)O[C@H](COC(=O)CCCCCCCC=CCC=CCCCCC)COP(=O)(O)OCCN. The first kappa shape index (κ1) is 48.7. The number of carbonyl (C=O) groups excluding carboxylic acids is 2. The predicted molar refractivity (Wildman–Crippen MR) is 210 cm³/mol. The van der Waals surface area contributed by atoms with E-state index in [2.05, 4.69) is 74.6 Å². The van der Waals surface area contributed by atoms with Gasteiger partial charge in [-0.05, 0) is 77.0 Å². The third-order valence-corrected chi connectivity index (χ3v) is 8.87. The summed E-state index contributed by atoms with van der Waals surface area (Å²) in [5.41, 5.74) is 5.33. The van der Waals surface area contributed by atoms with Gasteiger partial charge in [-0.1, -0.05) is 126 Å². The molecule has 0 aliphatic carbocycles. The fourth-order valence-electron chi connectivity index (χ4n) is 4.97. The summed E-state index contributed by atoms with van der Waals surface area (Å²) in [6.45, 7) is 3.53. The van der Waals surface area contributed by atoms with E-state index in [1.54, 1.807) is 0 Å². The van der Waals surface area contributed by atoms with Crippen molar-refractivity contribution in [1.29, 1.82) is 0 Å². The molecule has 0 aliphatic rings. The standard InChI is InChI=1S/C41H72NO8P/c1-3-5-7-9-11-13-15-17-19-21-23-25-27-29-31-33-40(43)47-37-39(38-49-51(45,46)48-36-35-42)50-41(44)34-32-30-28-26-24-22-20-18-16-14-12-10-8-6-4-2/h6,8,11-14,17-20,39H,3-5,7,9-10,15-16,21-38,42H2,1-2H3,(H,45,46)/t39-/m1/s1. The average Bonchev–Trinajstić information content (AvgIpc) is 3.11. The minimum absolute atomic E-state index is 0.0455. The van der Waals surface area contributed by atoms with Gasteiger partial charge < -0.3 is 20.1 Å². The molecule has 10 heteroatoms. The number of allylic oxidation sites excluding steroid dienone is 10. The van der Waals surface area contributed by atoms with Gasteiger partial charge in [0.05, 0.1) is 13.2 Å². The molecule has 294 valence electrons. The maximum atomic E-state index is 12.5. The first-order valence-corrected chi connectivity index (χ1v) is 21.3. The molecule has 0 saturated heterocycles. The van der Waals surface area contributed by atoms with E-state index in [9.17, 15) is 19.0 Å². The van der Waals surface area contributed by atoms with Crippen molar-refractivity contribution < 1.29 is 37.6 Å². The topological polar surface area (TPSA) is 134 Å². The van der Waals surface area contributed by atoms with Gasteiger partial charge in [-0.3, -0.25) is 18.6 Å². The third kappa shape index (κ3) is 37.3. The summed E-state index contributed by atoms with van der Waals surface area (Å²) in [5.74, 6) is -0.871. The van der Waals surface area contributed by atoms with Crippen molar-refractivity contribution in [2.24, 2.45) is 5.73 Å². The predicted octanol–water partition coefficient (Wildman–Crippen LogP) is 10.9. The highest BCUT2D eigenvalue weighted by atomic mass is 31.2. The number of rotatable bonds is 36. The van der Waals surface area contributed by atoms with Crippen LogP contribution in [-0.4, -0.2) is 49.3 Å². The smallest absolute Gasteiger partial charge is 0.462 e. The number of nitrogens with two attached hydrogens (primary N) is 1. The van der Waals surface area contributed by atoms with Crippen LogP contribution in [0.3, 0.4) is 0 Å². The summed E-state index contributed by atoms with van der Waals surface area (Å²) in [6.07, 6.45) is 42.4. The van der Waals surface area contributed by atoms with Crippen molar-refractivity contribution in [2.45, 2.75) is 161 Å². The molecule has 0 saturated carbocycles. The van der Waals surface area contributed by atoms with Gasteiger partial charge in [0, 0.05) is 19.4 Å². The number of ether oxygens (including phenoxy) is 2. The summed E-state index contributed by atoms with van der Waals surface area (Å²) in [7, 11) is -4.38. The number of hydrogen-bond acceptors (Lipinski definition) is 8. The molecule has 9 nitrogen and oxygen atoms in total. The van der Waals surface area contributed by atoms with Gasteiger partial charge in [0.15, 0.2) is 6.10 Å². The van der Waals surface area contributed by atoms with Crippen molar-refractivity contribution >= 4 is 19.8 Å². The van der Waals surface area contributed by atoms with Gasteiger partial charge in [-0.15, -0.1) is 0 Å². The van der Waals surface area contributed by atoms with E-state index in [1.165, 1.54) is 25.7 Å². The molecule has 51 heavy (non-hydrogen) atoms. The lowest BCUT2D eigenvalue weighted by atomic mass is 10.1. The Balaban J connectivity index is 4.27. The van der Waals surface area contributed by atoms with Crippen molar-refractivity contribution in [3.05, 3.63) is 60.8 Å². The fourth-order valence-corrected chi connectivity index (χ4v) is 5.74. The number of esters is 2. The van der Waals surface area contributed by atoms with E-state index < -0.39 is 32.5 Å². The zero-order valence-electron chi connectivity index (χ0n) is 32.1. The van der Waals surface area contributed by atoms with Crippen LogP contribution < -0.4 is 5.73 Å². The van der Waals surface area contributed by atoms with Crippen LogP contribution in [0.1, 0.15) is 155 Å². The Morgan fingerprint density at radius 3 is 1.61 bits per heavy atom. The average molecular weight is 738 g/mol. The molecular formula is C41H72NO8P. The third-order valence-electron chi connectivity index (χ3n) is 7.89. The van der Waals surface area contributed by atoms with Crippen LogP contribution in [0.2, 0.25) is 0 Å². The van der Waals surface area contributed by atoms with Crippen LogP contribution in [0, 0.1) is 0 Å². The van der Waals surface area contributed by atoms with E-state index in [4.69, 9.17) is 24.3 Å². The van der Waals surface area contributed by atoms with Crippen LogP contribution in [0.4, 0.5) is 0 Å². The second-order valence-electron chi connectivity index (χ2n) is 12.8. The number of hydrogen-bond donors (Lipinski definition) is 2. The number of phosphoric ester groups is 1. The van der Waals surface area contributed by atoms with Crippen molar-refractivity contribution in [2.75, 3.05) is 26.4 Å². The van der Waals surface area contributed by atoms with Gasteiger partial charge in [-0.25, -0.2) is 4.57 Å². The minimum Gasteiger partial charge on any atom is -0.462 e. The second-order valence-corrected chi connectivity index (χ2v) is 14.2. The molecule has 0 rings (SSSR count). The van der Waals surface area contributed by atoms with Gasteiger partial charge in [0.1, 0.15) is 6.61 Å². The highest BCUT2D eigenvalue weighted by Crippen LogP contribution is 2.43. The van der Waals surface area contributed by atoms with Crippen LogP contribution >= 0.6 is 7.82 Å². The Labute approximate surface area is 310 Å². The highest BCUT2D eigenvalue weighted by Gasteiger charge is 2.25. The number of carbonyl (C=O) groups is 2. The van der Waals surface area contributed by atoms with Crippen LogP contribution in [-0.2, 0) is 32.7 Å².